The van der Waals surface area contributed by atoms with Gasteiger partial charge in [0.05, 0.1) is 12.0 Å². The van der Waals surface area contributed by atoms with E-state index in [1.807, 2.05) is 0 Å². The molecule has 1 unspecified atom stereocenters. The minimum Gasteiger partial charge on any atom is -0.467 e. The lowest BCUT2D eigenvalue weighted by molar-refractivity contribution is -0.274. The third-order valence-electron chi connectivity index (χ3n) is 2.47. The summed E-state index contributed by atoms with van der Waals surface area (Å²) in [5, 5.41) is 12.5. The second-order valence-corrected chi connectivity index (χ2v) is 3.96. The van der Waals surface area contributed by atoms with Gasteiger partial charge in [0.1, 0.15) is 11.9 Å². The first-order valence-electron chi connectivity index (χ1n) is 5.76. The molecule has 20 heavy (non-hydrogen) atoms. The Hall–Kier alpha value is -2.15. The number of aliphatic hydroxyl groups excluding tert-OH is 1. The normalized spacial score (nSPS) is 13.0. The highest BCUT2D eigenvalue weighted by atomic mass is 19.4. The number of benzene rings is 1. The Bertz CT molecular complexity index is 540. The highest BCUT2D eigenvalue weighted by molar-refractivity contribution is 5.56. The van der Waals surface area contributed by atoms with Crippen LogP contribution in [0.1, 0.15) is 11.9 Å². The molecule has 0 bridgehead atoms. The van der Waals surface area contributed by atoms with E-state index in [9.17, 15) is 18.3 Å². The molecule has 2 rings (SSSR count). The molecule has 0 amide bonds. The van der Waals surface area contributed by atoms with Crippen LogP contribution in [0.15, 0.2) is 47.1 Å². The smallest absolute Gasteiger partial charge is 0.467 e. The maximum absolute atomic E-state index is 12.2. The maximum Gasteiger partial charge on any atom is 0.573 e. The van der Waals surface area contributed by atoms with Crippen LogP contribution in [0.2, 0.25) is 0 Å². The van der Waals surface area contributed by atoms with Crippen LogP contribution < -0.4 is 10.1 Å². The quantitative estimate of drug-likeness (QED) is 0.885. The first kappa shape index (κ1) is 14.3. The van der Waals surface area contributed by atoms with E-state index in [1.54, 1.807) is 18.2 Å². The van der Waals surface area contributed by atoms with Crippen LogP contribution in [0.25, 0.3) is 0 Å². The van der Waals surface area contributed by atoms with Crippen molar-refractivity contribution >= 4 is 5.69 Å². The molecular formula is C13H12F3NO3. The third-order valence-corrected chi connectivity index (χ3v) is 2.47. The Morgan fingerprint density at radius 3 is 2.60 bits per heavy atom. The van der Waals surface area contributed by atoms with Crippen molar-refractivity contribution in [2.75, 3.05) is 11.9 Å². The van der Waals surface area contributed by atoms with Gasteiger partial charge in [0, 0.05) is 6.54 Å². The van der Waals surface area contributed by atoms with Crippen LogP contribution in [-0.4, -0.2) is 18.0 Å². The fourth-order valence-corrected chi connectivity index (χ4v) is 1.61. The largest absolute Gasteiger partial charge is 0.573 e. The molecule has 0 aliphatic carbocycles. The molecule has 0 saturated heterocycles. The van der Waals surface area contributed by atoms with E-state index < -0.39 is 12.5 Å². The van der Waals surface area contributed by atoms with Crippen molar-refractivity contribution in [1.29, 1.82) is 0 Å². The summed E-state index contributed by atoms with van der Waals surface area (Å²) >= 11 is 0. The van der Waals surface area contributed by atoms with Crippen LogP contribution in [0, 0.1) is 0 Å². The number of rotatable bonds is 5. The highest BCUT2D eigenvalue weighted by Gasteiger charge is 2.32. The summed E-state index contributed by atoms with van der Waals surface area (Å²) in [5.74, 6) is -0.0293. The molecule has 1 heterocycles. The van der Waals surface area contributed by atoms with Gasteiger partial charge in [-0.1, -0.05) is 12.1 Å². The van der Waals surface area contributed by atoms with Gasteiger partial charge in [-0.05, 0) is 24.3 Å². The Morgan fingerprint density at radius 1 is 1.20 bits per heavy atom. The summed E-state index contributed by atoms with van der Waals surface area (Å²) in [6.07, 6.45) is -4.33. The number of hydrogen-bond donors (Lipinski definition) is 2. The fraction of sp³-hybridized carbons (Fsp3) is 0.231. The summed E-state index contributed by atoms with van der Waals surface area (Å²) in [7, 11) is 0. The third kappa shape index (κ3) is 3.92. The number of halogens is 3. The molecule has 2 N–H and O–H groups in total. The van der Waals surface area contributed by atoms with Crippen LogP contribution in [0.4, 0.5) is 18.9 Å². The van der Waals surface area contributed by atoms with Crippen LogP contribution in [0.5, 0.6) is 5.75 Å². The Morgan fingerprint density at radius 2 is 1.95 bits per heavy atom. The summed E-state index contributed by atoms with van der Waals surface area (Å²) in [4.78, 5) is 0. The Balaban J connectivity index is 2.02. The number of ether oxygens (including phenoxy) is 1. The van der Waals surface area contributed by atoms with Gasteiger partial charge in [-0.2, -0.15) is 0 Å². The van der Waals surface area contributed by atoms with Crippen molar-refractivity contribution in [3.8, 4) is 5.75 Å². The second kappa shape index (κ2) is 5.87. The van der Waals surface area contributed by atoms with Gasteiger partial charge in [0.2, 0.25) is 0 Å². The lowest BCUT2D eigenvalue weighted by Crippen LogP contribution is -2.19. The monoisotopic (exact) mass is 287 g/mol. The van der Waals surface area contributed by atoms with Gasteiger partial charge in [-0.25, -0.2) is 0 Å². The average Bonchev–Trinajstić information content (AvgIpc) is 2.89. The molecule has 1 aromatic carbocycles. The number of hydrogen-bond acceptors (Lipinski definition) is 4. The number of anilines is 1. The van der Waals surface area contributed by atoms with Crippen molar-refractivity contribution in [3.05, 3.63) is 48.4 Å². The van der Waals surface area contributed by atoms with Crippen molar-refractivity contribution in [2.45, 2.75) is 12.5 Å². The highest BCUT2D eigenvalue weighted by Crippen LogP contribution is 2.30. The van der Waals surface area contributed by atoms with Crippen LogP contribution >= 0.6 is 0 Å². The van der Waals surface area contributed by atoms with Gasteiger partial charge < -0.3 is 19.6 Å². The van der Waals surface area contributed by atoms with Crippen LogP contribution in [-0.2, 0) is 0 Å². The van der Waals surface area contributed by atoms with E-state index in [4.69, 9.17) is 4.42 Å². The Kier molecular flexibility index (Phi) is 4.19. The molecule has 0 spiro atoms. The van der Waals surface area contributed by atoms with Gasteiger partial charge in [0.25, 0.3) is 0 Å². The molecule has 2 aromatic rings. The van der Waals surface area contributed by atoms with Crippen LogP contribution in [0.3, 0.4) is 0 Å². The van der Waals surface area contributed by atoms with E-state index in [2.05, 4.69) is 10.1 Å². The van der Waals surface area contributed by atoms with Gasteiger partial charge in [-0.15, -0.1) is 13.2 Å². The molecule has 108 valence electrons. The van der Waals surface area contributed by atoms with Gasteiger partial charge in [-0.3, -0.25) is 0 Å². The molecule has 0 fully saturated rings. The van der Waals surface area contributed by atoms with E-state index in [0.717, 1.165) is 0 Å². The van der Waals surface area contributed by atoms with Gasteiger partial charge in [0.15, 0.2) is 5.75 Å². The number of para-hydroxylation sites is 2. The van der Waals surface area contributed by atoms with E-state index in [0.29, 0.717) is 5.76 Å². The maximum atomic E-state index is 12.2. The summed E-state index contributed by atoms with van der Waals surface area (Å²) < 4.78 is 45.6. The first-order valence-corrected chi connectivity index (χ1v) is 5.76. The lowest BCUT2D eigenvalue weighted by atomic mass is 10.2. The lowest BCUT2D eigenvalue weighted by Gasteiger charge is -2.15. The predicted molar refractivity (Wildman–Crippen MR) is 65.3 cm³/mol. The number of nitrogens with one attached hydrogen (secondary N) is 1. The minimum atomic E-state index is -4.77. The standard InChI is InChI=1S/C13H12F3NO3/c14-13(15,16)20-11-5-2-1-4-9(11)17-8-10(18)12-6-3-7-19-12/h1-7,10,17-18H,8H2. The molecule has 0 aliphatic heterocycles. The molecule has 4 nitrogen and oxygen atoms in total. The van der Waals surface area contributed by atoms with E-state index in [1.165, 1.54) is 24.5 Å². The van der Waals surface area contributed by atoms with Crippen molar-refractivity contribution < 1.29 is 27.4 Å². The molecule has 1 atom stereocenters. The average molecular weight is 287 g/mol. The zero-order chi connectivity index (χ0) is 14.6. The van der Waals surface area contributed by atoms with Crippen molar-refractivity contribution in [2.24, 2.45) is 0 Å². The fourth-order valence-electron chi connectivity index (χ4n) is 1.61. The molecular weight excluding hydrogens is 275 g/mol. The topological polar surface area (TPSA) is 54.6 Å². The summed E-state index contributed by atoms with van der Waals surface area (Å²) in [5.41, 5.74) is 0.135. The number of aliphatic hydroxyl groups is 1. The SMILES string of the molecule is OC(CNc1ccccc1OC(F)(F)F)c1ccco1. The summed E-state index contributed by atoms with van der Waals surface area (Å²) in [6.45, 7) is -0.00819. The van der Waals surface area contributed by atoms with E-state index >= 15 is 0 Å². The zero-order valence-corrected chi connectivity index (χ0v) is 10.2. The predicted octanol–water partition coefficient (Wildman–Crippen LogP) is 3.32. The van der Waals surface area contributed by atoms with E-state index in [-0.39, 0.29) is 18.0 Å². The zero-order valence-electron chi connectivity index (χ0n) is 10.2. The Labute approximate surface area is 112 Å². The first-order chi connectivity index (χ1) is 9.46. The molecule has 0 saturated carbocycles. The number of alkyl halides is 3. The van der Waals surface area contributed by atoms with Gasteiger partial charge >= 0.3 is 6.36 Å². The number of furan rings is 1. The molecule has 1 aromatic heterocycles. The molecule has 0 aliphatic rings. The van der Waals surface area contributed by atoms with Crippen molar-refractivity contribution in [1.82, 2.24) is 0 Å². The second-order valence-electron chi connectivity index (χ2n) is 3.96. The molecule has 0 radical (unpaired) electrons. The minimum absolute atomic E-state index is 0.00819. The summed E-state index contributed by atoms with van der Waals surface area (Å²) in [6, 6.07) is 8.79. The van der Waals surface area contributed by atoms with Crippen molar-refractivity contribution in [3.63, 3.8) is 0 Å². The molecule has 7 heteroatoms.